The van der Waals surface area contributed by atoms with E-state index in [0.29, 0.717) is 24.6 Å². The molecular formula is C23H21N3O3. The molecule has 1 amide bonds. The number of para-hydroxylation sites is 3. The molecule has 0 radical (unpaired) electrons. The molecule has 3 heterocycles. The summed E-state index contributed by atoms with van der Waals surface area (Å²) in [6.45, 7) is 3.18. The van der Waals surface area contributed by atoms with Crippen molar-refractivity contribution in [1.82, 2.24) is 9.88 Å². The van der Waals surface area contributed by atoms with Crippen LogP contribution >= 0.6 is 0 Å². The average molecular weight is 387 g/mol. The van der Waals surface area contributed by atoms with Crippen molar-refractivity contribution in [2.75, 3.05) is 13.2 Å². The first-order chi connectivity index (χ1) is 14.2. The lowest BCUT2D eigenvalue weighted by Crippen LogP contribution is -2.45. The standard InChI is InChI=1S/C23H21N3O3/c1-15-10-11-19-17(24-12-16-6-2-3-7-18(16)26(15)19)13-25-23(27)22-14-28-20-8-4-5-9-21(20)29-22/h2-11,22H,12-14H2,1H3,(H,25,27). The molecule has 6 heteroatoms. The Bertz CT molecular complexity index is 1120. The zero-order chi connectivity index (χ0) is 19.8. The van der Waals surface area contributed by atoms with E-state index in [2.05, 4.69) is 41.1 Å². The number of amides is 1. The number of rotatable bonds is 3. The number of hydrogen-bond donors (Lipinski definition) is 1. The maximum Gasteiger partial charge on any atom is 0.265 e. The lowest BCUT2D eigenvalue weighted by Gasteiger charge is -2.25. The van der Waals surface area contributed by atoms with Crippen molar-refractivity contribution in [3.63, 3.8) is 0 Å². The van der Waals surface area contributed by atoms with Crippen LogP contribution in [0.1, 0.15) is 17.0 Å². The van der Waals surface area contributed by atoms with E-state index in [0.717, 1.165) is 28.4 Å². The monoisotopic (exact) mass is 387 g/mol. The van der Waals surface area contributed by atoms with Crippen molar-refractivity contribution in [3.8, 4) is 17.2 Å². The first-order valence-corrected chi connectivity index (χ1v) is 9.67. The third kappa shape index (κ3) is 3.16. The molecule has 146 valence electrons. The smallest absolute Gasteiger partial charge is 0.265 e. The lowest BCUT2D eigenvalue weighted by molar-refractivity contribution is -0.130. The number of nitrogens with zero attached hydrogens (tertiary/aromatic N) is 2. The second-order valence-electron chi connectivity index (χ2n) is 7.17. The van der Waals surface area contributed by atoms with Crippen LogP contribution in [0.15, 0.2) is 65.7 Å². The van der Waals surface area contributed by atoms with Gasteiger partial charge in [0.05, 0.1) is 30.2 Å². The Labute approximate surface area is 168 Å². The Morgan fingerprint density at radius 1 is 1.10 bits per heavy atom. The molecule has 2 aliphatic heterocycles. The number of aryl methyl sites for hydroxylation is 1. The van der Waals surface area contributed by atoms with E-state index in [1.165, 1.54) is 0 Å². The average Bonchev–Trinajstić information content (AvgIpc) is 3.06. The molecule has 6 nitrogen and oxygen atoms in total. The molecule has 3 aromatic rings. The van der Waals surface area contributed by atoms with Crippen LogP contribution in [-0.2, 0) is 11.3 Å². The molecule has 2 aromatic carbocycles. The molecule has 1 aromatic heterocycles. The third-order valence-electron chi connectivity index (χ3n) is 5.28. The van der Waals surface area contributed by atoms with E-state index in [-0.39, 0.29) is 12.5 Å². The van der Waals surface area contributed by atoms with Crippen LogP contribution in [0.5, 0.6) is 11.5 Å². The largest absolute Gasteiger partial charge is 0.485 e. The molecule has 0 fully saturated rings. The zero-order valence-electron chi connectivity index (χ0n) is 16.1. The third-order valence-corrected chi connectivity index (χ3v) is 5.28. The molecule has 1 unspecified atom stereocenters. The second-order valence-corrected chi connectivity index (χ2v) is 7.17. The molecule has 0 spiro atoms. The van der Waals surface area contributed by atoms with Crippen LogP contribution in [0.4, 0.5) is 0 Å². The highest BCUT2D eigenvalue weighted by Gasteiger charge is 2.28. The summed E-state index contributed by atoms with van der Waals surface area (Å²) in [7, 11) is 0. The van der Waals surface area contributed by atoms with Crippen LogP contribution in [0.3, 0.4) is 0 Å². The number of hydrogen-bond acceptors (Lipinski definition) is 4. The van der Waals surface area contributed by atoms with E-state index < -0.39 is 6.10 Å². The fraction of sp³-hybridized carbons (Fsp3) is 0.217. The number of aliphatic imine (C=N–C) groups is 1. The molecular weight excluding hydrogens is 366 g/mol. The van der Waals surface area contributed by atoms with Crippen molar-refractivity contribution < 1.29 is 14.3 Å². The summed E-state index contributed by atoms with van der Waals surface area (Å²) in [4.78, 5) is 17.5. The van der Waals surface area contributed by atoms with Gasteiger partial charge in [-0.05, 0) is 42.8 Å². The number of fused-ring (bicyclic) bond motifs is 4. The molecule has 1 atom stereocenters. The minimum absolute atomic E-state index is 0.191. The van der Waals surface area contributed by atoms with Gasteiger partial charge in [0.15, 0.2) is 11.5 Å². The molecule has 29 heavy (non-hydrogen) atoms. The Morgan fingerprint density at radius 3 is 2.79 bits per heavy atom. The first-order valence-electron chi connectivity index (χ1n) is 9.67. The van der Waals surface area contributed by atoms with Crippen molar-refractivity contribution in [2.24, 2.45) is 4.99 Å². The van der Waals surface area contributed by atoms with Gasteiger partial charge in [-0.25, -0.2) is 0 Å². The molecule has 0 aliphatic carbocycles. The summed E-state index contributed by atoms with van der Waals surface area (Å²) in [5.74, 6) is 1.04. The van der Waals surface area contributed by atoms with Crippen LogP contribution in [0, 0.1) is 6.92 Å². The summed E-state index contributed by atoms with van der Waals surface area (Å²) in [6.07, 6.45) is -0.679. The predicted molar refractivity (Wildman–Crippen MR) is 110 cm³/mol. The minimum atomic E-state index is -0.679. The van der Waals surface area contributed by atoms with Crippen molar-refractivity contribution in [3.05, 3.63) is 77.6 Å². The van der Waals surface area contributed by atoms with Crippen LogP contribution in [0.25, 0.3) is 5.69 Å². The summed E-state index contributed by atoms with van der Waals surface area (Å²) in [6, 6.07) is 19.8. The Hall–Kier alpha value is -3.54. The first kappa shape index (κ1) is 17.6. The summed E-state index contributed by atoms with van der Waals surface area (Å²) in [5.41, 5.74) is 5.28. The van der Waals surface area contributed by atoms with E-state index >= 15 is 0 Å². The van der Waals surface area contributed by atoms with Gasteiger partial charge >= 0.3 is 0 Å². The quantitative estimate of drug-likeness (QED) is 0.751. The maximum atomic E-state index is 12.7. The molecule has 0 saturated carbocycles. The van der Waals surface area contributed by atoms with Crippen LogP contribution in [0.2, 0.25) is 0 Å². The fourth-order valence-corrected chi connectivity index (χ4v) is 3.79. The van der Waals surface area contributed by atoms with Gasteiger partial charge in [0.1, 0.15) is 6.61 Å². The minimum Gasteiger partial charge on any atom is -0.485 e. The lowest BCUT2D eigenvalue weighted by atomic mass is 10.1. The number of aromatic nitrogens is 1. The van der Waals surface area contributed by atoms with Crippen molar-refractivity contribution in [1.29, 1.82) is 0 Å². The Kier molecular flexibility index (Phi) is 4.31. The van der Waals surface area contributed by atoms with Gasteiger partial charge in [-0.2, -0.15) is 0 Å². The van der Waals surface area contributed by atoms with E-state index in [1.807, 2.05) is 30.3 Å². The number of ether oxygens (including phenoxy) is 2. The molecule has 0 saturated heterocycles. The van der Waals surface area contributed by atoms with Crippen molar-refractivity contribution in [2.45, 2.75) is 19.6 Å². The highest BCUT2D eigenvalue weighted by atomic mass is 16.6. The number of benzene rings is 2. The molecule has 2 aliphatic rings. The Morgan fingerprint density at radius 2 is 1.90 bits per heavy atom. The van der Waals surface area contributed by atoms with Gasteiger partial charge in [0.25, 0.3) is 5.91 Å². The normalized spacial score (nSPS) is 16.9. The van der Waals surface area contributed by atoms with Crippen molar-refractivity contribution >= 4 is 11.6 Å². The number of carbonyl (C=O) groups is 1. The fourth-order valence-electron chi connectivity index (χ4n) is 3.79. The van der Waals surface area contributed by atoms with Gasteiger partial charge in [-0.15, -0.1) is 0 Å². The predicted octanol–water partition coefficient (Wildman–Crippen LogP) is 3.04. The number of carbonyl (C=O) groups excluding carboxylic acids is 1. The van der Waals surface area contributed by atoms with E-state index in [1.54, 1.807) is 6.07 Å². The highest BCUT2D eigenvalue weighted by molar-refractivity contribution is 6.03. The summed E-state index contributed by atoms with van der Waals surface area (Å²) < 4.78 is 13.6. The van der Waals surface area contributed by atoms with Gasteiger partial charge in [-0.1, -0.05) is 30.3 Å². The topological polar surface area (TPSA) is 64.9 Å². The van der Waals surface area contributed by atoms with Crippen LogP contribution < -0.4 is 14.8 Å². The second kappa shape index (κ2) is 7.13. The van der Waals surface area contributed by atoms with Gasteiger partial charge in [0, 0.05) is 5.69 Å². The number of nitrogens with one attached hydrogen (secondary N) is 1. The Balaban J connectivity index is 1.34. The molecule has 1 N–H and O–H groups in total. The van der Waals surface area contributed by atoms with Crippen LogP contribution in [-0.4, -0.2) is 35.4 Å². The maximum absolute atomic E-state index is 12.7. The molecule has 0 bridgehead atoms. The summed E-state index contributed by atoms with van der Waals surface area (Å²) in [5, 5.41) is 2.97. The molecule has 5 rings (SSSR count). The van der Waals surface area contributed by atoms with E-state index in [9.17, 15) is 4.79 Å². The van der Waals surface area contributed by atoms with Gasteiger partial charge in [0.2, 0.25) is 6.10 Å². The zero-order valence-corrected chi connectivity index (χ0v) is 16.1. The highest BCUT2D eigenvalue weighted by Crippen LogP contribution is 2.31. The van der Waals surface area contributed by atoms with E-state index in [4.69, 9.17) is 14.5 Å². The van der Waals surface area contributed by atoms with Gasteiger partial charge in [-0.3, -0.25) is 9.79 Å². The van der Waals surface area contributed by atoms with Gasteiger partial charge < -0.3 is 19.4 Å². The summed E-state index contributed by atoms with van der Waals surface area (Å²) >= 11 is 0. The SMILES string of the molecule is Cc1ccc2n1-c1ccccc1CN=C2CNC(=O)C1COc2ccccc2O1.